The predicted molar refractivity (Wildman–Crippen MR) is 27.4 cm³/mol. The second-order valence-electron chi connectivity index (χ2n) is 2.16. The van der Waals surface area contributed by atoms with Crippen LogP contribution in [0.15, 0.2) is 0 Å². The Hall–Kier alpha value is -0.720. The maximum atomic E-state index is 12.4. The molecule has 0 amide bonds. The van der Waals surface area contributed by atoms with E-state index >= 15 is 0 Å². The maximum absolute atomic E-state index is 12.4. The van der Waals surface area contributed by atoms with E-state index < -0.39 is 24.2 Å². The van der Waals surface area contributed by atoms with Gasteiger partial charge < -0.3 is 0 Å². The van der Waals surface area contributed by atoms with Crippen LogP contribution in [0, 0.1) is 12.3 Å². The lowest BCUT2D eigenvalue weighted by molar-refractivity contribution is -0.138. The number of hydrogen-bond donors (Lipinski definition) is 0. The van der Waals surface area contributed by atoms with Gasteiger partial charge in [-0.2, -0.15) is 0 Å². The number of terminal acetylenes is 1. The first-order valence-corrected chi connectivity index (χ1v) is 2.63. The van der Waals surface area contributed by atoms with Crippen molar-refractivity contribution in [1.82, 2.24) is 0 Å². The van der Waals surface area contributed by atoms with Gasteiger partial charge >= 0.3 is 0 Å². The number of hydrogen-bond acceptors (Lipinski definition) is 0. The van der Waals surface area contributed by atoms with Gasteiger partial charge in [0.25, 0.3) is 0 Å². The topological polar surface area (TPSA) is 0 Å². The summed E-state index contributed by atoms with van der Waals surface area (Å²) in [6.45, 7) is 0. The van der Waals surface area contributed by atoms with Gasteiger partial charge in [-0.3, -0.25) is 0 Å². The molecule has 1 fully saturated rings. The van der Waals surface area contributed by atoms with Gasteiger partial charge in [0.15, 0.2) is 18.5 Å². The van der Waals surface area contributed by atoms with Crippen molar-refractivity contribution in [3.63, 3.8) is 0 Å². The number of alkyl halides is 4. The molecule has 2 atom stereocenters. The maximum Gasteiger partial charge on any atom is 0.238 e. The van der Waals surface area contributed by atoms with Crippen LogP contribution >= 0.6 is 0 Å². The molecule has 1 aliphatic rings. The molecule has 1 aliphatic carbocycles. The molecule has 0 aliphatic heterocycles. The minimum absolute atomic E-state index is 1.25. The summed E-state index contributed by atoms with van der Waals surface area (Å²) in [5.41, 5.74) is -3.03. The van der Waals surface area contributed by atoms with Gasteiger partial charge in [-0.05, 0) is 0 Å². The van der Waals surface area contributed by atoms with Crippen LogP contribution in [0.3, 0.4) is 0 Å². The zero-order valence-corrected chi connectivity index (χ0v) is 4.82. The van der Waals surface area contributed by atoms with Crippen LogP contribution in [-0.2, 0) is 0 Å². The van der Waals surface area contributed by atoms with E-state index in [0.29, 0.717) is 0 Å². The molecule has 0 heterocycles. The molecule has 0 bridgehead atoms. The van der Waals surface area contributed by atoms with Gasteiger partial charge in [0.1, 0.15) is 0 Å². The van der Waals surface area contributed by atoms with Crippen LogP contribution in [0.4, 0.5) is 17.6 Å². The van der Waals surface area contributed by atoms with Crippen molar-refractivity contribution < 1.29 is 17.6 Å². The molecule has 0 radical (unpaired) electrons. The molecule has 56 valence electrons. The van der Waals surface area contributed by atoms with E-state index in [1.807, 2.05) is 0 Å². The minimum atomic E-state index is -3.03. The first kappa shape index (κ1) is 7.39. The van der Waals surface area contributed by atoms with Crippen molar-refractivity contribution in [1.29, 1.82) is 0 Å². The highest BCUT2D eigenvalue weighted by Crippen LogP contribution is 2.43. The van der Waals surface area contributed by atoms with E-state index in [-0.39, 0.29) is 0 Å². The molecule has 0 saturated heterocycles. The van der Waals surface area contributed by atoms with E-state index in [9.17, 15) is 17.6 Å². The predicted octanol–water partition coefficient (Wildman–Crippen LogP) is 1.36. The Bertz CT molecular complexity index is 173. The smallest absolute Gasteiger partial charge is 0.238 e. The first-order chi connectivity index (χ1) is 4.54. The number of halogens is 4. The first-order valence-electron chi connectivity index (χ1n) is 2.63. The van der Waals surface area contributed by atoms with E-state index in [4.69, 9.17) is 0 Å². The molecular formula is C6H4F4. The molecule has 0 aromatic carbocycles. The number of rotatable bonds is 0. The Labute approximate surface area is 55.2 Å². The zero-order chi connectivity index (χ0) is 7.94. The fraction of sp³-hybridized carbons (Fsp3) is 0.667. The van der Waals surface area contributed by atoms with Gasteiger partial charge in [-0.25, -0.2) is 17.6 Å². The summed E-state index contributed by atoms with van der Waals surface area (Å²) in [5.74, 6) is 1.25. The quantitative estimate of drug-likeness (QED) is 0.363. The summed E-state index contributed by atoms with van der Waals surface area (Å²) in [5, 5.41) is 0. The van der Waals surface area contributed by atoms with Crippen LogP contribution < -0.4 is 0 Å². The molecule has 10 heavy (non-hydrogen) atoms. The molecule has 4 heteroatoms. The minimum Gasteiger partial charge on any atom is -0.241 e. The summed E-state index contributed by atoms with van der Waals surface area (Å²) >= 11 is 0. The summed E-state index contributed by atoms with van der Waals surface area (Å²) in [7, 11) is 0. The highest BCUT2D eigenvalue weighted by molar-refractivity contribution is 5.27. The van der Waals surface area contributed by atoms with Crippen molar-refractivity contribution in [2.24, 2.45) is 0 Å². The van der Waals surface area contributed by atoms with Crippen LogP contribution in [0.5, 0.6) is 0 Å². The third-order valence-corrected chi connectivity index (χ3v) is 1.58. The van der Waals surface area contributed by atoms with E-state index in [1.165, 1.54) is 5.92 Å². The van der Waals surface area contributed by atoms with Crippen molar-refractivity contribution in [2.75, 3.05) is 0 Å². The molecule has 0 N–H and O–H groups in total. The van der Waals surface area contributed by atoms with E-state index in [2.05, 4.69) is 6.42 Å². The van der Waals surface area contributed by atoms with Crippen molar-refractivity contribution >= 4 is 0 Å². The Balaban J connectivity index is 2.76. The van der Waals surface area contributed by atoms with Gasteiger partial charge in [0.05, 0.1) is 0 Å². The van der Waals surface area contributed by atoms with Crippen LogP contribution in [0.2, 0.25) is 0 Å². The second-order valence-corrected chi connectivity index (χ2v) is 2.16. The van der Waals surface area contributed by atoms with Crippen molar-refractivity contribution in [2.45, 2.75) is 24.2 Å². The van der Waals surface area contributed by atoms with Gasteiger partial charge in [-0.1, -0.05) is 5.92 Å². The second kappa shape index (κ2) is 1.88. The fourth-order valence-electron chi connectivity index (χ4n) is 0.805. The van der Waals surface area contributed by atoms with Crippen molar-refractivity contribution in [3.8, 4) is 12.3 Å². The van der Waals surface area contributed by atoms with E-state index in [1.54, 1.807) is 0 Å². The van der Waals surface area contributed by atoms with Crippen LogP contribution in [-0.4, -0.2) is 24.2 Å². The normalized spacial score (nSPS) is 53.3. The Morgan fingerprint density at radius 3 is 1.80 bits per heavy atom. The average Bonchev–Trinajstić information content (AvgIpc) is 2.00. The standard InChI is InChI=1S/C6H4F4/c1-2-6(10)4(8)3(7)5(6)9/h1,3-5H. The molecule has 1 rings (SSSR count). The molecule has 2 unspecified atom stereocenters. The lowest BCUT2D eigenvalue weighted by atomic mass is 9.77. The molecular weight excluding hydrogens is 148 g/mol. The van der Waals surface area contributed by atoms with Gasteiger partial charge in [0.2, 0.25) is 5.67 Å². The molecule has 1 saturated carbocycles. The monoisotopic (exact) mass is 152 g/mol. The largest absolute Gasteiger partial charge is 0.241 e. The average molecular weight is 152 g/mol. The summed E-state index contributed by atoms with van der Waals surface area (Å²) in [4.78, 5) is 0. The molecule has 0 spiro atoms. The molecule has 0 aromatic rings. The fourth-order valence-corrected chi connectivity index (χ4v) is 0.805. The Morgan fingerprint density at radius 1 is 1.20 bits per heavy atom. The Morgan fingerprint density at radius 2 is 1.60 bits per heavy atom. The van der Waals surface area contributed by atoms with Gasteiger partial charge in [-0.15, -0.1) is 6.42 Å². The SMILES string of the molecule is C#CC1(F)C(F)C(F)C1F. The van der Waals surface area contributed by atoms with Gasteiger partial charge in [0, 0.05) is 0 Å². The van der Waals surface area contributed by atoms with Crippen LogP contribution in [0.25, 0.3) is 0 Å². The van der Waals surface area contributed by atoms with Crippen LogP contribution in [0.1, 0.15) is 0 Å². The summed E-state index contributed by atoms with van der Waals surface area (Å²) in [6, 6.07) is 0. The Kier molecular flexibility index (Phi) is 1.39. The highest BCUT2D eigenvalue weighted by atomic mass is 19.2. The third-order valence-electron chi connectivity index (χ3n) is 1.58. The van der Waals surface area contributed by atoms with Crippen molar-refractivity contribution in [3.05, 3.63) is 0 Å². The zero-order valence-electron chi connectivity index (χ0n) is 4.82. The highest BCUT2D eigenvalue weighted by Gasteiger charge is 2.66. The summed E-state index contributed by atoms with van der Waals surface area (Å²) < 4.78 is 48.5. The molecule has 0 aromatic heterocycles. The van der Waals surface area contributed by atoms with E-state index in [0.717, 1.165) is 0 Å². The lowest BCUT2D eigenvalue weighted by Gasteiger charge is -2.39. The summed E-state index contributed by atoms with van der Waals surface area (Å²) in [6.07, 6.45) is -2.98. The molecule has 0 nitrogen and oxygen atoms in total. The third kappa shape index (κ3) is 0.578. The lowest BCUT2D eigenvalue weighted by Crippen LogP contribution is -2.64.